The zero-order valence-electron chi connectivity index (χ0n) is 24.3. The number of carbonyl (C=O) groups is 2. The van der Waals surface area contributed by atoms with Crippen LogP contribution in [0.1, 0.15) is 23.9 Å². The number of rotatable bonds is 5. The fraction of sp³-hybridized carbons (Fsp3) is 0.250. The molecule has 1 saturated carbocycles. The minimum Gasteiger partial charge on any atom is -0.502 e. The second-order valence-electron chi connectivity index (χ2n) is 11.2. The van der Waals surface area contributed by atoms with Gasteiger partial charge in [0.1, 0.15) is 5.82 Å². The third kappa shape index (κ3) is 3.83. The van der Waals surface area contributed by atoms with Gasteiger partial charge in [0.25, 0.3) is 11.8 Å². The molecule has 1 N–H and O–H groups in total. The lowest BCUT2D eigenvalue weighted by molar-refractivity contribution is -0.122. The van der Waals surface area contributed by atoms with Gasteiger partial charge in [0.05, 0.1) is 38.2 Å². The van der Waals surface area contributed by atoms with Gasteiger partial charge < -0.3 is 14.6 Å². The summed E-state index contributed by atoms with van der Waals surface area (Å²) in [7, 11) is 2.66. The molecule has 4 atom stereocenters. The minimum absolute atomic E-state index is 0.00945. The highest BCUT2D eigenvalue weighted by molar-refractivity contribution is 6.58. The minimum atomic E-state index is -2.19. The van der Waals surface area contributed by atoms with Crippen molar-refractivity contribution in [1.29, 1.82) is 0 Å². The number of phenols is 1. The van der Waals surface area contributed by atoms with Crippen LogP contribution in [0.3, 0.4) is 0 Å². The van der Waals surface area contributed by atoms with E-state index in [1.165, 1.54) is 47.8 Å². The molecular weight excluding hydrogens is 642 g/mol. The fourth-order valence-corrected chi connectivity index (χ4v) is 7.83. The molecule has 1 aromatic heterocycles. The van der Waals surface area contributed by atoms with Gasteiger partial charge >= 0.3 is 11.4 Å². The summed E-state index contributed by atoms with van der Waals surface area (Å²) in [6.07, 6.45) is 1.35. The molecule has 0 spiro atoms. The predicted octanol–water partition coefficient (Wildman–Crippen LogP) is 3.86. The maximum atomic E-state index is 14.5. The first-order valence-corrected chi connectivity index (χ1v) is 14.9. The average molecular weight is 667 g/mol. The lowest BCUT2D eigenvalue weighted by atomic mass is 9.64. The molecule has 4 aromatic rings. The standard InChI is InChI=1S/C32H25Cl2FN4O7/c1-45-23-14-17(15-24(46-2)26(23)40)25-21-12-13-36-29(43)38(19-6-4-3-5-7-19)30(44)39(36)22(21)16-31(33)27(41)37(28(42)32(25,31)34)20-10-8-18(35)9-11-20/h3-12,14-15,22,25,40H,13,16H2,1-2H3/t22-,25+,31-,32+/m1/s1. The lowest BCUT2D eigenvalue weighted by Gasteiger charge is -2.49. The molecule has 0 bridgehead atoms. The number of imide groups is 1. The Hall–Kier alpha value is -4.81. The Morgan fingerprint density at radius 2 is 1.50 bits per heavy atom. The predicted molar refractivity (Wildman–Crippen MR) is 166 cm³/mol. The second kappa shape index (κ2) is 10.4. The number of aromatic hydroxyl groups is 1. The van der Waals surface area contributed by atoms with Gasteiger partial charge in [0.2, 0.25) is 5.75 Å². The quantitative estimate of drug-likeness (QED) is 0.195. The number of methoxy groups -OCH3 is 2. The van der Waals surface area contributed by atoms with Crippen molar-refractivity contribution in [1.82, 2.24) is 13.9 Å². The van der Waals surface area contributed by atoms with Crippen molar-refractivity contribution in [3.63, 3.8) is 0 Å². The third-order valence-corrected chi connectivity index (χ3v) is 10.4. The van der Waals surface area contributed by atoms with Crippen LogP contribution in [0.15, 0.2) is 88.0 Å². The molecule has 0 radical (unpaired) electrons. The number of nitrogens with zero attached hydrogens (tertiary/aromatic N) is 4. The SMILES string of the molecule is COc1cc([C@H]2C3=CCn4c(=O)n(-c5ccccc5)c(=O)n4[C@@H]3C[C@@]3(Cl)C(=O)N(c4ccc(F)cc4)C(=O)[C@@]23Cl)cc(OC)c1O. The number of para-hydroxylation sites is 1. The topological polar surface area (TPSA) is 125 Å². The van der Waals surface area contributed by atoms with E-state index in [9.17, 15) is 28.7 Å². The number of halogens is 3. The van der Waals surface area contributed by atoms with E-state index < -0.39 is 50.7 Å². The van der Waals surface area contributed by atoms with Crippen molar-refractivity contribution in [3.05, 3.63) is 111 Å². The van der Waals surface area contributed by atoms with E-state index in [0.29, 0.717) is 11.3 Å². The van der Waals surface area contributed by atoms with Gasteiger partial charge in [-0.15, -0.1) is 23.2 Å². The van der Waals surface area contributed by atoms with Crippen LogP contribution < -0.4 is 25.8 Å². The van der Waals surface area contributed by atoms with E-state index in [-0.39, 0.29) is 41.5 Å². The van der Waals surface area contributed by atoms with Gasteiger partial charge in [-0.1, -0.05) is 24.3 Å². The van der Waals surface area contributed by atoms with Crippen LogP contribution in [0.25, 0.3) is 5.69 Å². The van der Waals surface area contributed by atoms with E-state index in [1.54, 1.807) is 36.4 Å². The van der Waals surface area contributed by atoms with Crippen LogP contribution in [-0.2, 0) is 16.1 Å². The van der Waals surface area contributed by atoms with E-state index in [2.05, 4.69) is 0 Å². The van der Waals surface area contributed by atoms with E-state index >= 15 is 0 Å². The molecule has 46 heavy (non-hydrogen) atoms. The first kappa shape index (κ1) is 29.9. The number of anilines is 1. The van der Waals surface area contributed by atoms with Crippen molar-refractivity contribution in [2.75, 3.05) is 19.1 Å². The van der Waals surface area contributed by atoms with Crippen LogP contribution in [0.4, 0.5) is 10.1 Å². The monoisotopic (exact) mass is 666 g/mol. The Labute approximate surface area is 270 Å². The van der Waals surface area contributed by atoms with Crippen LogP contribution >= 0.6 is 23.2 Å². The van der Waals surface area contributed by atoms with Gasteiger partial charge in [-0.05, 0) is 59.7 Å². The molecule has 2 aliphatic heterocycles. The zero-order valence-corrected chi connectivity index (χ0v) is 25.8. The number of amides is 2. The van der Waals surface area contributed by atoms with Gasteiger partial charge in [0, 0.05) is 12.3 Å². The molecule has 0 unspecified atom stereocenters. The summed E-state index contributed by atoms with van der Waals surface area (Å²) in [5.74, 6) is -3.86. The number of ether oxygens (including phenoxy) is 2. The summed E-state index contributed by atoms with van der Waals surface area (Å²) < 4.78 is 28.1. The molecule has 3 aliphatic rings. The fourth-order valence-electron chi connectivity index (χ4n) is 6.91. The van der Waals surface area contributed by atoms with Crippen molar-refractivity contribution < 1.29 is 28.6 Å². The van der Waals surface area contributed by atoms with Crippen LogP contribution in [0.5, 0.6) is 17.2 Å². The average Bonchev–Trinajstić information content (AvgIpc) is 3.40. The smallest absolute Gasteiger partial charge is 0.352 e. The van der Waals surface area contributed by atoms with Crippen molar-refractivity contribution in [2.45, 2.75) is 34.7 Å². The Morgan fingerprint density at radius 3 is 2.11 bits per heavy atom. The molecule has 2 amide bonds. The first-order chi connectivity index (χ1) is 22.0. The van der Waals surface area contributed by atoms with Crippen LogP contribution in [0.2, 0.25) is 0 Å². The number of hydrogen-bond acceptors (Lipinski definition) is 7. The first-order valence-electron chi connectivity index (χ1n) is 14.1. The Bertz CT molecular complexity index is 2070. The Balaban J connectivity index is 1.50. The number of carbonyl (C=O) groups excluding carboxylic acids is 2. The van der Waals surface area contributed by atoms with Gasteiger partial charge in [0.15, 0.2) is 21.2 Å². The number of benzene rings is 3. The number of fused-ring (bicyclic) bond motifs is 4. The number of phenolic OH excluding ortho intramolecular Hbond substituents is 1. The molecule has 1 aliphatic carbocycles. The Kier molecular flexibility index (Phi) is 6.73. The summed E-state index contributed by atoms with van der Waals surface area (Å²) in [5.41, 5.74) is -0.168. The van der Waals surface area contributed by atoms with Crippen LogP contribution in [0, 0.1) is 5.82 Å². The third-order valence-electron chi connectivity index (χ3n) is 9.01. The lowest BCUT2D eigenvalue weighted by Crippen LogP contribution is -2.59. The highest BCUT2D eigenvalue weighted by atomic mass is 35.5. The molecule has 3 heterocycles. The van der Waals surface area contributed by atoms with Gasteiger partial charge in [-0.25, -0.2) is 32.8 Å². The van der Waals surface area contributed by atoms with Gasteiger partial charge in [-0.2, -0.15) is 0 Å². The summed E-state index contributed by atoms with van der Waals surface area (Å²) >= 11 is 14.7. The van der Waals surface area contributed by atoms with E-state index in [0.717, 1.165) is 21.6 Å². The van der Waals surface area contributed by atoms with Crippen molar-refractivity contribution in [3.8, 4) is 22.9 Å². The number of allylic oxidation sites excluding steroid dienone is 2. The highest BCUT2D eigenvalue weighted by Crippen LogP contribution is 2.64. The van der Waals surface area contributed by atoms with Gasteiger partial charge in [-0.3, -0.25) is 9.59 Å². The molecule has 1 saturated heterocycles. The largest absolute Gasteiger partial charge is 0.502 e. The molecule has 236 valence electrons. The highest BCUT2D eigenvalue weighted by Gasteiger charge is 2.75. The Morgan fingerprint density at radius 1 is 0.870 bits per heavy atom. The number of alkyl halides is 2. The number of aromatic nitrogens is 3. The summed E-state index contributed by atoms with van der Waals surface area (Å²) in [4.78, 5) is 52.9. The molecule has 3 aromatic carbocycles. The normalized spacial score (nSPS) is 25.1. The zero-order chi connectivity index (χ0) is 32.7. The van der Waals surface area contributed by atoms with Crippen LogP contribution in [-0.4, -0.2) is 54.8 Å². The maximum absolute atomic E-state index is 14.5. The molecule has 7 rings (SSSR count). The molecule has 14 heteroatoms. The summed E-state index contributed by atoms with van der Waals surface area (Å²) in [6.45, 7) is -0.0609. The van der Waals surface area contributed by atoms with E-state index in [4.69, 9.17) is 32.7 Å². The van der Waals surface area contributed by atoms with E-state index in [1.807, 2.05) is 0 Å². The van der Waals surface area contributed by atoms with Crippen molar-refractivity contribution in [2.24, 2.45) is 0 Å². The molecular formula is C32H25Cl2FN4O7. The second-order valence-corrected chi connectivity index (χ2v) is 12.5. The summed E-state index contributed by atoms with van der Waals surface area (Å²) in [5, 5.41) is 10.7. The maximum Gasteiger partial charge on any atom is 0.352 e. The van der Waals surface area contributed by atoms with Crippen molar-refractivity contribution >= 4 is 40.7 Å². The summed E-state index contributed by atoms with van der Waals surface area (Å²) in [6, 6.07) is 15.0. The molecule has 11 nitrogen and oxygen atoms in total. The molecule has 2 fully saturated rings. The number of hydrogen-bond donors (Lipinski definition) is 1.